The lowest BCUT2D eigenvalue weighted by Crippen LogP contribution is -2.30. The highest BCUT2D eigenvalue weighted by atomic mass is 31.2. The second kappa shape index (κ2) is 52.4. The summed E-state index contributed by atoms with van der Waals surface area (Å²) in [6, 6.07) is 0. The van der Waals surface area contributed by atoms with Crippen LogP contribution in [0.2, 0.25) is 0 Å². The minimum Gasteiger partial charge on any atom is -0.462 e. The average Bonchev–Trinajstić information content (AvgIpc) is 3.40. The predicted molar refractivity (Wildman–Crippen MR) is 321 cm³/mol. The Morgan fingerprint density at radius 2 is 0.519 bits per heavy atom. The zero-order valence-corrected chi connectivity index (χ0v) is 54.2. The molecular formula is C62H120O17P2. The molecule has 0 aromatic carbocycles. The zero-order valence-electron chi connectivity index (χ0n) is 52.4. The second-order valence-electron chi connectivity index (χ2n) is 24.3. The highest BCUT2D eigenvalue weighted by Crippen LogP contribution is 2.45. The van der Waals surface area contributed by atoms with E-state index in [0.717, 1.165) is 115 Å². The first kappa shape index (κ1) is 79.1. The third kappa shape index (κ3) is 56.9. The van der Waals surface area contributed by atoms with Crippen LogP contribution in [0.4, 0.5) is 0 Å². The standard InChI is InChI=1S/C62H120O17P2/c1-52(2)38-30-22-14-10-9-11-16-28-36-44-61(66)78-57(48-72-59(64)42-34-26-20-18-24-32-40-54(5)6)50-76-80(68,69)74-46-56(63)47-75-81(70,71)77-51-58(49-73-60(65)43-35-27-21-19-25-33-41-55(7)8)79-62(67)45-37-29-17-13-12-15-23-31-39-53(3)4/h52-58,63H,9-51H2,1-8H3,(H,68,69)(H,70,71)/t56-,57+,58+/m0/s1. The summed E-state index contributed by atoms with van der Waals surface area (Å²) < 4.78 is 67.8. The van der Waals surface area contributed by atoms with Crippen LogP contribution in [-0.2, 0) is 65.4 Å². The van der Waals surface area contributed by atoms with Gasteiger partial charge in [0.15, 0.2) is 12.2 Å². The minimum absolute atomic E-state index is 0.102. The normalized spacial score (nSPS) is 14.5. The maximum Gasteiger partial charge on any atom is 0.472 e. The van der Waals surface area contributed by atoms with Crippen molar-refractivity contribution >= 4 is 39.5 Å². The first-order valence-corrected chi connectivity index (χ1v) is 35.2. The Morgan fingerprint density at radius 1 is 0.309 bits per heavy atom. The minimum atomic E-state index is -4.94. The largest absolute Gasteiger partial charge is 0.472 e. The summed E-state index contributed by atoms with van der Waals surface area (Å²) in [5, 5.41) is 10.5. The predicted octanol–water partition coefficient (Wildman–Crippen LogP) is 16.6. The fourth-order valence-corrected chi connectivity index (χ4v) is 10.7. The molecule has 0 rings (SSSR count). The molecule has 19 heteroatoms. The topological polar surface area (TPSA) is 237 Å². The van der Waals surface area contributed by atoms with Gasteiger partial charge in [0.05, 0.1) is 26.4 Å². The Hall–Kier alpha value is -1.94. The number of aliphatic hydroxyl groups is 1. The number of hydrogen-bond acceptors (Lipinski definition) is 15. The number of aliphatic hydroxyl groups excluding tert-OH is 1. The molecule has 0 bridgehead atoms. The molecule has 17 nitrogen and oxygen atoms in total. The van der Waals surface area contributed by atoms with Gasteiger partial charge in [-0.15, -0.1) is 0 Å². The van der Waals surface area contributed by atoms with Crippen molar-refractivity contribution in [1.82, 2.24) is 0 Å². The molecule has 0 aliphatic carbocycles. The molecule has 0 aromatic heterocycles. The number of rotatable bonds is 59. The molecule has 81 heavy (non-hydrogen) atoms. The molecule has 0 radical (unpaired) electrons. The van der Waals surface area contributed by atoms with Gasteiger partial charge in [0.25, 0.3) is 0 Å². The van der Waals surface area contributed by atoms with Crippen molar-refractivity contribution < 1.29 is 80.2 Å². The summed E-state index contributed by atoms with van der Waals surface area (Å²) in [5.41, 5.74) is 0. The lowest BCUT2D eigenvalue weighted by Gasteiger charge is -2.21. The van der Waals surface area contributed by atoms with Crippen LogP contribution in [0, 0.1) is 23.7 Å². The Morgan fingerprint density at radius 3 is 0.765 bits per heavy atom. The van der Waals surface area contributed by atoms with E-state index < -0.39 is 97.5 Å². The molecule has 5 atom stereocenters. The number of phosphoric ester groups is 2. The zero-order chi connectivity index (χ0) is 60.4. The second-order valence-corrected chi connectivity index (χ2v) is 27.3. The average molecular weight is 1200 g/mol. The van der Waals surface area contributed by atoms with E-state index in [1.54, 1.807) is 0 Å². The number of carbonyl (C=O) groups is 4. The third-order valence-corrected chi connectivity index (χ3v) is 16.0. The lowest BCUT2D eigenvalue weighted by atomic mass is 10.0. The van der Waals surface area contributed by atoms with Crippen LogP contribution in [0.5, 0.6) is 0 Å². The van der Waals surface area contributed by atoms with E-state index in [9.17, 15) is 43.2 Å². The molecule has 480 valence electrons. The molecular weight excluding hydrogens is 1080 g/mol. The molecule has 3 N–H and O–H groups in total. The monoisotopic (exact) mass is 1200 g/mol. The number of phosphoric acid groups is 2. The Kier molecular flexibility index (Phi) is 51.1. The SMILES string of the molecule is CC(C)CCCCCCCCCCCC(=O)O[C@H](COC(=O)CCCCCCCCC(C)C)COP(=O)(O)OC[C@H](O)COP(=O)(O)OC[C@@H](COC(=O)CCCCCCCCC(C)C)OC(=O)CCCCCCCCCCC(C)C. The number of esters is 4. The molecule has 0 aromatic rings. The van der Waals surface area contributed by atoms with E-state index >= 15 is 0 Å². The number of unbranched alkanes of at least 4 members (excludes halogenated alkanes) is 25. The van der Waals surface area contributed by atoms with Crippen molar-refractivity contribution in [3.05, 3.63) is 0 Å². The molecule has 0 aliphatic heterocycles. The summed E-state index contributed by atoms with van der Waals surface area (Å²) in [6.07, 6.45) is 31.1. The van der Waals surface area contributed by atoms with E-state index in [1.807, 2.05) is 0 Å². The van der Waals surface area contributed by atoms with E-state index in [2.05, 4.69) is 55.4 Å². The summed E-state index contributed by atoms with van der Waals surface area (Å²) in [7, 11) is -9.88. The van der Waals surface area contributed by atoms with Gasteiger partial charge in [-0.05, 0) is 49.4 Å². The van der Waals surface area contributed by atoms with E-state index in [-0.39, 0.29) is 25.7 Å². The van der Waals surface area contributed by atoms with E-state index in [4.69, 9.17) is 37.0 Å². The van der Waals surface area contributed by atoms with Crippen molar-refractivity contribution in [2.45, 2.75) is 311 Å². The lowest BCUT2D eigenvalue weighted by molar-refractivity contribution is -0.161. The maximum atomic E-state index is 12.9. The van der Waals surface area contributed by atoms with E-state index in [1.165, 1.54) is 83.5 Å². The smallest absolute Gasteiger partial charge is 0.462 e. The van der Waals surface area contributed by atoms with Crippen LogP contribution in [-0.4, -0.2) is 96.7 Å². The fraction of sp³-hybridized carbons (Fsp3) is 0.935. The fourth-order valence-electron chi connectivity index (χ4n) is 9.08. The van der Waals surface area contributed by atoms with Crippen molar-refractivity contribution in [1.29, 1.82) is 0 Å². The van der Waals surface area contributed by atoms with Gasteiger partial charge in [-0.1, -0.05) is 242 Å². The molecule has 0 aliphatic rings. The molecule has 0 spiro atoms. The highest BCUT2D eigenvalue weighted by molar-refractivity contribution is 7.47. The first-order valence-electron chi connectivity index (χ1n) is 32.2. The van der Waals surface area contributed by atoms with Gasteiger partial charge in [0, 0.05) is 25.7 Å². The van der Waals surface area contributed by atoms with Gasteiger partial charge >= 0.3 is 39.5 Å². The number of hydrogen-bond donors (Lipinski definition) is 3. The van der Waals surface area contributed by atoms with Crippen LogP contribution in [0.1, 0.15) is 293 Å². The van der Waals surface area contributed by atoms with Crippen LogP contribution >= 0.6 is 15.6 Å². The van der Waals surface area contributed by atoms with Crippen LogP contribution in [0.15, 0.2) is 0 Å². The Bertz CT molecular complexity index is 1630. The quantitative estimate of drug-likeness (QED) is 0.0222. The molecule has 0 saturated carbocycles. The van der Waals surface area contributed by atoms with Gasteiger partial charge in [0.1, 0.15) is 19.3 Å². The van der Waals surface area contributed by atoms with Crippen molar-refractivity contribution in [2.75, 3.05) is 39.6 Å². The molecule has 0 saturated heterocycles. The summed E-state index contributed by atoms with van der Waals surface area (Å²) in [6.45, 7) is 13.8. The molecule has 0 heterocycles. The molecule has 0 fully saturated rings. The van der Waals surface area contributed by atoms with Crippen molar-refractivity contribution in [3.8, 4) is 0 Å². The Balaban J connectivity index is 5.25. The van der Waals surface area contributed by atoms with Gasteiger partial charge in [-0.3, -0.25) is 37.3 Å². The van der Waals surface area contributed by atoms with Crippen molar-refractivity contribution in [3.63, 3.8) is 0 Å². The summed E-state index contributed by atoms with van der Waals surface area (Å²) in [5.74, 6) is 0.667. The van der Waals surface area contributed by atoms with Crippen LogP contribution in [0.25, 0.3) is 0 Å². The summed E-state index contributed by atoms with van der Waals surface area (Å²) >= 11 is 0. The van der Waals surface area contributed by atoms with Crippen LogP contribution in [0.3, 0.4) is 0 Å². The molecule has 2 unspecified atom stereocenters. The van der Waals surface area contributed by atoms with E-state index in [0.29, 0.717) is 37.5 Å². The third-order valence-electron chi connectivity index (χ3n) is 14.1. The Labute approximate surface area is 492 Å². The molecule has 0 amide bonds. The van der Waals surface area contributed by atoms with Gasteiger partial charge < -0.3 is 33.8 Å². The van der Waals surface area contributed by atoms with Gasteiger partial charge in [0.2, 0.25) is 0 Å². The highest BCUT2D eigenvalue weighted by Gasteiger charge is 2.30. The summed E-state index contributed by atoms with van der Waals surface area (Å²) in [4.78, 5) is 72.0. The maximum absolute atomic E-state index is 12.9. The number of carbonyl (C=O) groups excluding carboxylic acids is 4. The first-order chi connectivity index (χ1) is 38.6. The van der Waals surface area contributed by atoms with Gasteiger partial charge in [-0.25, -0.2) is 9.13 Å². The van der Waals surface area contributed by atoms with Gasteiger partial charge in [-0.2, -0.15) is 0 Å². The van der Waals surface area contributed by atoms with Crippen molar-refractivity contribution in [2.24, 2.45) is 23.7 Å². The van der Waals surface area contributed by atoms with Crippen LogP contribution < -0.4 is 0 Å². The number of ether oxygens (including phenoxy) is 4.